The van der Waals surface area contributed by atoms with Crippen molar-refractivity contribution in [3.05, 3.63) is 11.2 Å². The van der Waals surface area contributed by atoms with Crippen LogP contribution in [0.5, 0.6) is 5.06 Å². The van der Waals surface area contributed by atoms with Gasteiger partial charge in [-0.05, 0) is 0 Å². The molecule has 62 valence electrons. The van der Waals surface area contributed by atoms with Gasteiger partial charge in [0.05, 0.1) is 13.3 Å². The van der Waals surface area contributed by atoms with Crippen molar-refractivity contribution in [1.29, 1.82) is 0 Å². The highest BCUT2D eigenvalue weighted by Gasteiger charge is 2.34. The van der Waals surface area contributed by atoms with Crippen LogP contribution in [0.1, 0.15) is 5.01 Å². The lowest BCUT2D eigenvalue weighted by molar-refractivity contribution is -0.137. The molecule has 1 heterocycles. The van der Waals surface area contributed by atoms with Gasteiger partial charge in [0.25, 0.3) is 0 Å². The predicted octanol–water partition coefficient (Wildman–Crippen LogP) is 2.17. The van der Waals surface area contributed by atoms with Gasteiger partial charge in [0, 0.05) is 0 Å². The monoisotopic (exact) mass is 183 g/mol. The minimum absolute atomic E-state index is 0.164. The van der Waals surface area contributed by atoms with E-state index >= 15 is 0 Å². The zero-order valence-electron chi connectivity index (χ0n) is 5.47. The van der Waals surface area contributed by atoms with Gasteiger partial charge in [-0.25, -0.2) is 4.98 Å². The van der Waals surface area contributed by atoms with Gasteiger partial charge in [-0.2, -0.15) is 13.2 Å². The fraction of sp³-hybridized carbons (Fsp3) is 0.400. The number of hydrogen-bond acceptors (Lipinski definition) is 3. The van der Waals surface area contributed by atoms with E-state index in [4.69, 9.17) is 0 Å². The van der Waals surface area contributed by atoms with Gasteiger partial charge in [-0.3, -0.25) is 0 Å². The summed E-state index contributed by atoms with van der Waals surface area (Å²) in [5, 5.41) is -0.716. The summed E-state index contributed by atoms with van der Waals surface area (Å²) in [5.74, 6) is 0. The number of ether oxygens (including phenoxy) is 1. The molecule has 0 aliphatic heterocycles. The molecule has 0 unspecified atom stereocenters. The minimum Gasteiger partial charge on any atom is -0.486 e. The molecule has 1 rings (SSSR count). The molecule has 0 aliphatic carbocycles. The van der Waals surface area contributed by atoms with Crippen molar-refractivity contribution in [2.45, 2.75) is 6.18 Å². The van der Waals surface area contributed by atoms with Gasteiger partial charge in [0.15, 0.2) is 5.06 Å². The summed E-state index contributed by atoms with van der Waals surface area (Å²) >= 11 is 0.481. The quantitative estimate of drug-likeness (QED) is 0.665. The normalized spacial score (nSPS) is 11.6. The van der Waals surface area contributed by atoms with Crippen LogP contribution in [-0.4, -0.2) is 12.1 Å². The van der Waals surface area contributed by atoms with E-state index in [9.17, 15) is 13.2 Å². The van der Waals surface area contributed by atoms with Gasteiger partial charge in [-0.15, -0.1) is 0 Å². The molecule has 0 fully saturated rings. The summed E-state index contributed by atoms with van der Waals surface area (Å²) in [4.78, 5) is 3.13. The first-order chi connectivity index (χ1) is 5.04. The summed E-state index contributed by atoms with van der Waals surface area (Å²) in [6.07, 6.45) is -3.31. The smallest absolute Gasteiger partial charge is 0.443 e. The van der Waals surface area contributed by atoms with Crippen LogP contribution < -0.4 is 4.74 Å². The summed E-state index contributed by atoms with van der Waals surface area (Å²) in [7, 11) is 1.30. The molecule has 0 aromatic carbocycles. The van der Waals surface area contributed by atoms with E-state index in [-0.39, 0.29) is 5.06 Å². The molecule has 11 heavy (non-hydrogen) atoms. The lowest BCUT2D eigenvalue weighted by Gasteiger charge is -1.98. The highest BCUT2D eigenvalue weighted by Crippen LogP contribution is 2.34. The summed E-state index contributed by atoms with van der Waals surface area (Å²) in [6, 6.07) is 0. The summed E-state index contributed by atoms with van der Waals surface area (Å²) in [6.45, 7) is 0. The summed E-state index contributed by atoms with van der Waals surface area (Å²) < 4.78 is 40.0. The highest BCUT2D eigenvalue weighted by molar-refractivity contribution is 7.13. The molecule has 2 nitrogen and oxygen atoms in total. The molecule has 0 atom stereocenters. The second kappa shape index (κ2) is 2.69. The largest absolute Gasteiger partial charge is 0.486 e. The SMILES string of the molecule is COc1cnc(C(F)(F)F)s1. The summed E-state index contributed by atoms with van der Waals surface area (Å²) in [5.41, 5.74) is 0. The van der Waals surface area contributed by atoms with E-state index in [0.717, 1.165) is 6.20 Å². The van der Waals surface area contributed by atoms with Crippen molar-refractivity contribution in [2.75, 3.05) is 7.11 Å². The molecule has 1 aromatic heterocycles. The van der Waals surface area contributed by atoms with Crippen LogP contribution in [0.15, 0.2) is 6.20 Å². The number of alkyl halides is 3. The molecule has 0 bridgehead atoms. The lowest BCUT2D eigenvalue weighted by atomic mass is 10.7. The Kier molecular flexibility index (Phi) is 2.03. The Hall–Kier alpha value is -0.780. The molecule has 0 saturated heterocycles. The van der Waals surface area contributed by atoms with Crippen molar-refractivity contribution in [2.24, 2.45) is 0 Å². The highest BCUT2D eigenvalue weighted by atomic mass is 32.1. The second-order valence-electron chi connectivity index (χ2n) is 1.69. The molecule has 0 spiro atoms. The zero-order chi connectivity index (χ0) is 8.48. The molecule has 1 aromatic rings. The Labute approximate surface area is 64.6 Å². The van der Waals surface area contributed by atoms with Crippen LogP contribution in [-0.2, 0) is 6.18 Å². The fourth-order valence-corrected chi connectivity index (χ4v) is 1.09. The maximum Gasteiger partial charge on any atom is 0.443 e. The van der Waals surface area contributed by atoms with Crippen molar-refractivity contribution >= 4 is 11.3 Å². The average molecular weight is 183 g/mol. The van der Waals surface area contributed by atoms with Crippen LogP contribution in [0, 0.1) is 0 Å². The van der Waals surface area contributed by atoms with Crippen LogP contribution in [0.3, 0.4) is 0 Å². The van der Waals surface area contributed by atoms with E-state index in [0.29, 0.717) is 11.3 Å². The first-order valence-electron chi connectivity index (χ1n) is 2.61. The van der Waals surface area contributed by atoms with E-state index < -0.39 is 11.2 Å². The number of nitrogens with zero attached hydrogens (tertiary/aromatic N) is 1. The van der Waals surface area contributed by atoms with Gasteiger partial charge >= 0.3 is 6.18 Å². The van der Waals surface area contributed by atoms with Gasteiger partial charge < -0.3 is 4.74 Å². The fourth-order valence-electron chi connectivity index (χ4n) is 0.485. The van der Waals surface area contributed by atoms with Crippen molar-refractivity contribution < 1.29 is 17.9 Å². The first kappa shape index (κ1) is 8.32. The Bertz CT molecular complexity index is 244. The zero-order valence-corrected chi connectivity index (χ0v) is 6.29. The maximum atomic E-state index is 11.8. The third kappa shape index (κ3) is 1.83. The number of methoxy groups -OCH3 is 1. The predicted molar refractivity (Wildman–Crippen MR) is 33.7 cm³/mol. The van der Waals surface area contributed by atoms with Crippen LogP contribution in [0.25, 0.3) is 0 Å². The third-order valence-corrected chi connectivity index (χ3v) is 1.93. The Morgan fingerprint density at radius 1 is 1.55 bits per heavy atom. The molecule has 0 radical (unpaired) electrons. The number of aromatic nitrogens is 1. The Morgan fingerprint density at radius 3 is 2.45 bits per heavy atom. The lowest BCUT2D eigenvalue weighted by Crippen LogP contribution is -2.02. The number of thiazole rings is 1. The van der Waals surface area contributed by atoms with Gasteiger partial charge in [0.1, 0.15) is 0 Å². The van der Waals surface area contributed by atoms with E-state index in [1.54, 1.807) is 0 Å². The standard InChI is InChI=1S/C5H4F3NOS/c1-10-3-2-9-4(11-3)5(6,7)8/h2H,1H3. The van der Waals surface area contributed by atoms with Gasteiger partial charge in [0.2, 0.25) is 5.01 Å². The van der Waals surface area contributed by atoms with Crippen molar-refractivity contribution in [3.8, 4) is 5.06 Å². The van der Waals surface area contributed by atoms with E-state index in [1.165, 1.54) is 7.11 Å². The molecule has 0 amide bonds. The molecular formula is C5H4F3NOS. The Balaban J connectivity index is 2.89. The minimum atomic E-state index is -4.36. The number of rotatable bonds is 1. The maximum absolute atomic E-state index is 11.8. The molecular weight excluding hydrogens is 179 g/mol. The number of hydrogen-bond donors (Lipinski definition) is 0. The number of halogens is 3. The third-order valence-electron chi connectivity index (χ3n) is 0.928. The van der Waals surface area contributed by atoms with Crippen LogP contribution in [0.4, 0.5) is 13.2 Å². The van der Waals surface area contributed by atoms with E-state index in [2.05, 4.69) is 9.72 Å². The topological polar surface area (TPSA) is 22.1 Å². The van der Waals surface area contributed by atoms with Crippen LogP contribution in [0.2, 0.25) is 0 Å². The van der Waals surface area contributed by atoms with E-state index in [1.807, 2.05) is 0 Å². The molecule has 0 saturated carbocycles. The van der Waals surface area contributed by atoms with Crippen LogP contribution >= 0.6 is 11.3 Å². The van der Waals surface area contributed by atoms with Crippen molar-refractivity contribution in [1.82, 2.24) is 4.98 Å². The Morgan fingerprint density at radius 2 is 2.18 bits per heavy atom. The molecule has 0 N–H and O–H groups in total. The average Bonchev–Trinajstić information content (AvgIpc) is 2.32. The van der Waals surface area contributed by atoms with Gasteiger partial charge in [-0.1, -0.05) is 11.3 Å². The molecule has 0 aliphatic rings. The second-order valence-corrected chi connectivity index (χ2v) is 2.68. The first-order valence-corrected chi connectivity index (χ1v) is 3.42. The van der Waals surface area contributed by atoms with Crippen molar-refractivity contribution in [3.63, 3.8) is 0 Å². The molecule has 6 heteroatoms.